The molecular weight excluding hydrogens is 270 g/mol. The molecule has 1 unspecified atom stereocenters. The number of nitrogens with zero attached hydrogens (tertiary/aromatic N) is 2. The number of amides is 1. The number of nitrogens with two attached hydrogens (primary N) is 1. The Balaban J connectivity index is 1.93. The summed E-state index contributed by atoms with van der Waals surface area (Å²) in [6, 6.07) is 9.57. The van der Waals surface area contributed by atoms with Crippen LogP contribution in [0.1, 0.15) is 18.0 Å². The Hall–Kier alpha value is -2.75. The van der Waals surface area contributed by atoms with Crippen LogP contribution in [0.25, 0.3) is 0 Å². The topological polar surface area (TPSA) is 113 Å². The molecule has 1 aromatic rings. The number of guanidine groups is 1. The van der Waals surface area contributed by atoms with Gasteiger partial charge in [0.2, 0.25) is 5.91 Å². The summed E-state index contributed by atoms with van der Waals surface area (Å²) in [4.78, 5) is 15.3. The molecule has 0 spiro atoms. The highest BCUT2D eigenvalue weighted by atomic mass is 16.5. The molecule has 4 N–H and O–H groups in total. The van der Waals surface area contributed by atoms with Crippen LogP contribution >= 0.6 is 0 Å². The van der Waals surface area contributed by atoms with Gasteiger partial charge in [-0.15, -0.1) is 0 Å². The predicted molar refractivity (Wildman–Crippen MR) is 77.5 cm³/mol. The number of para-hydroxylation sites is 1. The molecule has 0 radical (unpaired) electrons. The first kappa shape index (κ1) is 14.7. The van der Waals surface area contributed by atoms with Crippen molar-refractivity contribution in [2.24, 2.45) is 10.7 Å². The third kappa shape index (κ3) is 4.11. The number of rotatable bonds is 4. The molecule has 0 bridgehead atoms. The molecule has 1 heterocycles. The lowest BCUT2D eigenvalue weighted by Crippen LogP contribution is -2.38. The number of ether oxygens (including phenoxy) is 1. The summed E-state index contributed by atoms with van der Waals surface area (Å²) in [5.74, 6) is 0.693. The first-order chi connectivity index (χ1) is 10.2. The molecule has 1 aliphatic rings. The van der Waals surface area contributed by atoms with Gasteiger partial charge in [-0.1, -0.05) is 18.2 Å². The number of aliphatic imine (C=N–C) groups is 1. The van der Waals surface area contributed by atoms with Crippen LogP contribution in [0.3, 0.4) is 0 Å². The molecule has 0 aromatic heterocycles. The Labute approximate surface area is 122 Å². The Bertz CT molecular complexity index is 579. The molecule has 110 valence electrons. The van der Waals surface area contributed by atoms with Gasteiger partial charge in [-0.25, -0.2) is 4.99 Å². The lowest BCUT2D eigenvalue weighted by atomic mass is 10.0. The Kier molecular flexibility index (Phi) is 4.99. The van der Waals surface area contributed by atoms with Crippen LogP contribution < -0.4 is 21.1 Å². The second-order valence-corrected chi connectivity index (χ2v) is 4.51. The van der Waals surface area contributed by atoms with E-state index in [0.29, 0.717) is 6.61 Å². The fourth-order valence-corrected chi connectivity index (χ4v) is 2.07. The first-order valence-corrected chi connectivity index (χ1v) is 6.62. The van der Waals surface area contributed by atoms with Gasteiger partial charge >= 0.3 is 0 Å². The lowest BCUT2D eigenvalue weighted by molar-refractivity contribution is -0.119. The summed E-state index contributed by atoms with van der Waals surface area (Å²) in [5, 5.41) is 13.8. The van der Waals surface area contributed by atoms with E-state index in [2.05, 4.69) is 15.6 Å². The smallest absolute Gasteiger partial charge is 0.242 e. The van der Waals surface area contributed by atoms with Crippen LogP contribution in [0.15, 0.2) is 29.3 Å². The van der Waals surface area contributed by atoms with Crippen molar-refractivity contribution in [1.82, 2.24) is 10.6 Å². The van der Waals surface area contributed by atoms with Crippen molar-refractivity contribution in [3.05, 3.63) is 29.8 Å². The van der Waals surface area contributed by atoms with Gasteiger partial charge in [-0.05, 0) is 6.07 Å². The normalized spacial score (nSPS) is 17.1. The molecular formula is C14H17N5O2. The first-order valence-electron chi connectivity index (χ1n) is 6.62. The van der Waals surface area contributed by atoms with E-state index in [4.69, 9.17) is 15.7 Å². The summed E-state index contributed by atoms with van der Waals surface area (Å²) in [7, 11) is 0. The van der Waals surface area contributed by atoms with Crippen LogP contribution in [0, 0.1) is 11.3 Å². The summed E-state index contributed by atoms with van der Waals surface area (Å²) >= 11 is 0. The van der Waals surface area contributed by atoms with Crippen LogP contribution in [0.5, 0.6) is 5.75 Å². The van der Waals surface area contributed by atoms with Gasteiger partial charge in [0, 0.05) is 12.0 Å². The molecule has 0 saturated heterocycles. The standard InChI is InChI=1S/C14H17N5O2/c15-6-7-17-13(20)9-18-14(16)19-11-5-8-21-12-4-2-1-3-10(11)12/h1-4,11H,5,7-9H2,(H,17,20)(H3,16,18,19). The summed E-state index contributed by atoms with van der Waals surface area (Å²) in [5.41, 5.74) is 6.82. The van der Waals surface area contributed by atoms with E-state index in [9.17, 15) is 4.79 Å². The quantitative estimate of drug-likeness (QED) is 0.411. The molecule has 21 heavy (non-hydrogen) atoms. The van der Waals surface area contributed by atoms with Crippen LogP contribution in [-0.4, -0.2) is 31.6 Å². The number of nitrogens with one attached hydrogen (secondary N) is 2. The second kappa shape index (κ2) is 7.14. The van der Waals surface area contributed by atoms with Gasteiger partial charge in [-0.2, -0.15) is 5.26 Å². The van der Waals surface area contributed by atoms with Crippen LogP contribution in [0.4, 0.5) is 0 Å². The maximum atomic E-state index is 11.3. The molecule has 0 fully saturated rings. The zero-order chi connectivity index (χ0) is 15.1. The summed E-state index contributed by atoms with van der Waals surface area (Å²) < 4.78 is 5.56. The van der Waals surface area contributed by atoms with Gasteiger partial charge in [0.05, 0.1) is 18.7 Å². The molecule has 1 aliphatic heterocycles. The third-order valence-electron chi connectivity index (χ3n) is 3.04. The Morgan fingerprint density at radius 2 is 2.33 bits per heavy atom. The van der Waals surface area contributed by atoms with Crippen molar-refractivity contribution in [2.45, 2.75) is 12.5 Å². The number of hydrogen-bond acceptors (Lipinski definition) is 4. The van der Waals surface area contributed by atoms with Crippen molar-refractivity contribution in [3.8, 4) is 11.8 Å². The minimum atomic E-state index is -0.339. The van der Waals surface area contributed by atoms with Crippen LogP contribution in [0.2, 0.25) is 0 Å². The fourth-order valence-electron chi connectivity index (χ4n) is 2.07. The summed E-state index contributed by atoms with van der Waals surface area (Å²) in [6.45, 7) is 0.463. The van der Waals surface area contributed by atoms with Crippen molar-refractivity contribution in [3.63, 3.8) is 0 Å². The zero-order valence-electron chi connectivity index (χ0n) is 11.5. The maximum absolute atomic E-state index is 11.3. The van der Waals surface area contributed by atoms with Crippen LogP contribution in [-0.2, 0) is 4.79 Å². The van der Waals surface area contributed by atoms with Crippen molar-refractivity contribution in [1.29, 1.82) is 5.26 Å². The summed E-state index contributed by atoms with van der Waals surface area (Å²) in [6.07, 6.45) is 0.772. The second-order valence-electron chi connectivity index (χ2n) is 4.51. The van der Waals surface area contributed by atoms with Gasteiger partial charge in [0.1, 0.15) is 18.8 Å². The van der Waals surface area contributed by atoms with E-state index in [-0.39, 0.29) is 31.0 Å². The molecule has 2 rings (SSSR count). The SMILES string of the molecule is N#CCNC(=O)CN=C(N)NC1CCOc2ccccc21. The van der Waals surface area contributed by atoms with Gasteiger partial charge in [-0.3, -0.25) is 4.79 Å². The van der Waals surface area contributed by atoms with Crippen molar-refractivity contribution >= 4 is 11.9 Å². The Morgan fingerprint density at radius 1 is 1.52 bits per heavy atom. The molecule has 0 saturated carbocycles. The molecule has 7 heteroatoms. The van der Waals surface area contributed by atoms with E-state index >= 15 is 0 Å². The fraction of sp³-hybridized carbons (Fsp3) is 0.357. The highest BCUT2D eigenvalue weighted by Crippen LogP contribution is 2.31. The molecule has 1 atom stereocenters. The largest absolute Gasteiger partial charge is 0.493 e. The molecule has 7 nitrogen and oxygen atoms in total. The third-order valence-corrected chi connectivity index (χ3v) is 3.04. The lowest BCUT2D eigenvalue weighted by Gasteiger charge is -2.26. The number of carbonyl (C=O) groups is 1. The van der Waals surface area contributed by atoms with Gasteiger partial charge in [0.25, 0.3) is 0 Å². The van der Waals surface area contributed by atoms with Crippen molar-refractivity contribution < 1.29 is 9.53 Å². The highest BCUT2D eigenvalue weighted by molar-refractivity contribution is 5.84. The minimum Gasteiger partial charge on any atom is -0.493 e. The van der Waals surface area contributed by atoms with E-state index in [0.717, 1.165) is 17.7 Å². The monoisotopic (exact) mass is 287 g/mol. The number of nitriles is 1. The maximum Gasteiger partial charge on any atom is 0.242 e. The molecule has 0 aliphatic carbocycles. The molecule has 1 aromatic carbocycles. The van der Waals surface area contributed by atoms with E-state index in [1.165, 1.54) is 0 Å². The predicted octanol–water partition coefficient (Wildman–Crippen LogP) is 0.0543. The average molecular weight is 287 g/mol. The number of fused-ring (bicyclic) bond motifs is 1. The number of carbonyl (C=O) groups excluding carboxylic acids is 1. The highest BCUT2D eigenvalue weighted by Gasteiger charge is 2.21. The minimum absolute atomic E-state index is 0.0147. The average Bonchev–Trinajstić information content (AvgIpc) is 2.51. The zero-order valence-corrected chi connectivity index (χ0v) is 11.5. The Morgan fingerprint density at radius 3 is 3.14 bits per heavy atom. The van der Waals surface area contributed by atoms with Gasteiger partial charge in [0.15, 0.2) is 5.96 Å². The number of hydrogen-bond donors (Lipinski definition) is 3. The van der Waals surface area contributed by atoms with Gasteiger partial charge < -0.3 is 21.1 Å². The van der Waals surface area contributed by atoms with Crippen molar-refractivity contribution in [2.75, 3.05) is 19.7 Å². The number of benzene rings is 1. The van der Waals surface area contributed by atoms with E-state index in [1.807, 2.05) is 30.3 Å². The van der Waals surface area contributed by atoms with E-state index < -0.39 is 0 Å². The molecule has 1 amide bonds. The van der Waals surface area contributed by atoms with E-state index in [1.54, 1.807) is 0 Å².